The molecule has 0 aromatic heterocycles. The lowest BCUT2D eigenvalue weighted by Gasteiger charge is -2.28. The lowest BCUT2D eigenvalue weighted by molar-refractivity contribution is -0.314. The summed E-state index contributed by atoms with van der Waals surface area (Å²) in [5.41, 5.74) is -0.378. The first-order valence-electron chi connectivity index (χ1n) is 4.74. The van der Waals surface area contributed by atoms with E-state index in [-0.39, 0.29) is 11.8 Å². The summed E-state index contributed by atoms with van der Waals surface area (Å²) in [4.78, 5) is 10.1. The molecule has 0 amide bonds. The second-order valence-electron chi connectivity index (χ2n) is 3.19. The van der Waals surface area contributed by atoms with Gasteiger partial charge in [0.05, 0.1) is 6.61 Å². The number of rotatable bonds is 8. The van der Waals surface area contributed by atoms with Crippen molar-refractivity contribution in [2.75, 3.05) is 34.5 Å². The summed E-state index contributed by atoms with van der Waals surface area (Å²) in [5, 5.41) is 0. The average Bonchev–Trinajstić information content (AvgIpc) is 3.05. The fourth-order valence-corrected chi connectivity index (χ4v) is 2.87. The predicted molar refractivity (Wildman–Crippen MR) is 53.0 cm³/mol. The Kier molecular flexibility index (Phi) is 5.13. The minimum absolute atomic E-state index is 0.168. The molecule has 1 rings (SSSR count). The number of ether oxygens (including phenoxy) is 1. The van der Waals surface area contributed by atoms with Gasteiger partial charge in [-0.25, -0.2) is 9.78 Å². The first kappa shape index (κ1) is 13.0. The van der Waals surface area contributed by atoms with Gasteiger partial charge in [-0.3, -0.25) is 0 Å². The molecule has 0 bridgehead atoms. The maximum atomic E-state index is 5.23. The van der Waals surface area contributed by atoms with Gasteiger partial charge in [-0.2, -0.15) is 0 Å². The van der Waals surface area contributed by atoms with E-state index in [1.165, 1.54) is 21.3 Å². The van der Waals surface area contributed by atoms with Crippen molar-refractivity contribution in [1.29, 1.82) is 0 Å². The summed E-state index contributed by atoms with van der Waals surface area (Å²) in [6, 6.07) is 0. The normalized spacial score (nSPS) is 22.8. The molecule has 0 aliphatic carbocycles. The van der Waals surface area contributed by atoms with E-state index in [2.05, 4.69) is 0 Å². The molecular weight excluding hydrogens is 220 g/mol. The van der Waals surface area contributed by atoms with Gasteiger partial charge in [-0.15, -0.1) is 0 Å². The van der Waals surface area contributed by atoms with Gasteiger partial charge < -0.3 is 18.0 Å². The van der Waals surface area contributed by atoms with Crippen LogP contribution in [0, 0.1) is 0 Å². The molecule has 6 nitrogen and oxygen atoms in total. The minimum atomic E-state index is -2.76. The Labute approximate surface area is 90.6 Å². The molecule has 7 heteroatoms. The summed E-state index contributed by atoms with van der Waals surface area (Å²) >= 11 is 0. The van der Waals surface area contributed by atoms with E-state index < -0.39 is 8.80 Å². The molecule has 90 valence electrons. The second-order valence-corrected chi connectivity index (χ2v) is 6.44. The van der Waals surface area contributed by atoms with Crippen molar-refractivity contribution in [1.82, 2.24) is 0 Å². The van der Waals surface area contributed by atoms with Gasteiger partial charge in [0.15, 0.2) is 5.73 Å². The molecule has 1 heterocycles. The van der Waals surface area contributed by atoms with Gasteiger partial charge >= 0.3 is 8.80 Å². The Morgan fingerprint density at radius 2 is 1.80 bits per heavy atom. The fraction of sp³-hybridized carbons (Fsp3) is 1.00. The Morgan fingerprint density at radius 1 is 1.27 bits per heavy atom. The van der Waals surface area contributed by atoms with Gasteiger partial charge in [0.25, 0.3) is 0 Å². The molecule has 2 atom stereocenters. The first-order chi connectivity index (χ1) is 7.18. The quantitative estimate of drug-likeness (QED) is 0.259. The maximum Gasteiger partial charge on any atom is 0.533 e. The minimum Gasteiger partial charge on any atom is -0.375 e. The average molecular weight is 238 g/mol. The fourth-order valence-electron chi connectivity index (χ4n) is 1.19. The molecule has 1 fully saturated rings. The summed E-state index contributed by atoms with van der Waals surface area (Å²) in [5.74, 6) is 0. The topological polar surface area (TPSA) is 58.7 Å². The highest BCUT2D eigenvalue weighted by Gasteiger charge is 2.47. The van der Waals surface area contributed by atoms with E-state index in [1.807, 2.05) is 0 Å². The largest absolute Gasteiger partial charge is 0.533 e. The molecule has 0 radical (unpaired) electrons. The van der Waals surface area contributed by atoms with Crippen LogP contribution in [0.5, 0.6) is 0 Å². The van der Waals surface area contributed by atoms with E-state index in [9.17, 15) is 0 Å². The molecule has 1 saturated heterocycles. The molecule has 0 aromatic rings. The van der Waals surface area contributed by atoms with Crippen molar-refractivity contribution >= 4 is 8.80 Å². The molecule has 0 aromatic carbocycles. The third-order valence-corrected chi connectivity index (χ3v) is 5.02. The van der Waals surface area contributed by atoms with Crippen LogP contribution in [0.1, 0.15) is 6.92 Å². The molecule has 0 saturated carbocycles. The standard InChI is InChI=1S/C8H18O6Si/c1-7(14-13-6-8-5-12-8)15(9-2,10-3)11-4/h7-8H,5-6H2,1-4H3. The highest BCUT2D eigenvalue weighted by molar-refractivity contribution is 6.61. The molecular formula is C8H18O6Si. The van der Waals surface area contributed by atoms with Crippen LogP contribution >= 0.6 is 0 Å². The Bertz CT molecular complexity index is 174. The SMILES string of the molecule is CO[Si](OC)(OC)C(C)OOCC1CO1. The third kappa shape index (κ3) is 3.49. The zero-order valence-electron chi connectivity index (χ0n) is 9.52. The Morgan fingerprint density at radius 3 is 2.20 bits per heavy atom. The molecule has 0 N–H and O–H groups in total. The monoisotopic (exact) mass is 238 g/mol. The van der Waals surface area contributed by atoms with Crippen molar-refractivity contribution in [2.24, 2.45) is 0 Å². The van der Waals surface area contributed by atoms with Crippen LogP contribution in [0.15, 0.2) is 0 Å². The summed E-state index contributed by atoms with van der Waals surface area (Å²) in [6.07, 6.45) is 0.168. The van der Waals surface area contributed by atoms with E-state index in [0.717, 1.165) is 6.61 Å². The molecule has 1 aliphatic heterocycles. The van der Waals surface area contributed by atoms with Crippen LogP contribution in [0.2, 0.25) is 0 Å². The van der Waals surface area contributed by atoms with Crippen LogP contribution in [0.25, 0.3) is 0 Å². The van der Waals surface area contributed by atoms with Gasteiger partial charge in [0.1, 0.15) is 12.7 Å². The zero-order valence-corrected chi connectivity index (χ0v) is 10.5. The highest BCUT2D eigenvalue weighted by Crippen LogP contribution is 2.16. The smallest absolute Gasteiger partial charge is 0.375 e. The summed E-state index contributed by atoms with van der Waals surface area (Å²) in [6.45, 7) is 2.95. The lowest BCUT2D eigenvalue weighted by Crippen LogP contribution is -2.54. The number of hydrogen-bond donors (Lipinski definition) is 0. The lowest BCUT2D eigenvalue weighted by atomic mass is 10.5. The Hall–Kier alpha value is -0.0231. The molecule has 2 unspecified atom stereocenters. The van der Waals surface area contributed by atoms with Crippen LogP contribution in [-0.4, -0.2) is 55.2 Å². The molecule has 1 aliphatic rings. The summed E-state index contributed by atoms with van der Waals surface area (Å²) in [7, 11) is 1.83. The highest BCUT2D eigenvalue weighted by atomic mass is 28.4. The van der Waals surface area contributed by atoms with Crippen molar-refractivity contribution in [2.45, 2.75) is 18.8 Å². The van der Waals surface area contributed by atoms with Gasteiger partial charge in [-0.1, -0.05) is 0 Å². The molecule has 15 heavy (non-hydrogen) atoms. The van der Waals surface area contributed by atoms with Crippen molar-refractivity contribution in [3.63, 3.8) is 0 Å². The molecule has 0 spiro atoms. The van der Waals surface area contributed by atoms with Crippen LogP contribution in [-0.2, 0) is 27.8 Å². The van der Waals surface area contributed by atoms with Crippen molar-refractivity contribution in [3.05, 3.63) is 0 Å². The predicted octanol–water partition coefficient (Wildman–Crippen LogP) is 0.139. The van der Waals surface area contributed by atoms with E-state index in [1.54, 1.807) is 6.92 Å². The van der Waals surface area contributed by atoms with Crippen LogP contribution in [0.4, 0.5) is 0 Å². The summed E-state index contributed by atoms with van der Waals surface area (Å²) < 4.78 is 20.7. The van der Waals surface area contributed by atoms with E-state index in [4.69, 9.17) is 27.8 Å². The number of hydrogen-bond acceptors (Lipinski definition) is 6. The Balaban J connectivity index is 2.29. The third-order valence-electron chi connectivity index (χ3n) is 2.22. The van der Waals surface area contributed by atoms with E-state index >= 15 is 0 Å². The first-order valence-corrected chi connectivity index (χ1v) is 6.54. The van der Waals surface area contributed by atoms with Crippen LogP contribution in [0.3, 0.4) is 0 Å². The van der Waals surface area contributed by atoms with Crippen LogP contribution < -0.4 is 0 Å². The van der Waals surface area contributed by atoms with Crippen molar-refractivity contribution in [3.8, 4) is 0 Å². The van der Waals surface area contributed by atoms with Gasteiger partial charge in [0, 0.05) is 21.3 Å². The van der Waals surface area contributed by atoms with Gasteiger partial charge in [0.2, 0.25) is 0 Å². The number of epoxide rings is 1. The van der Waals surface area contributed by atoms with E-state index in [0.29, 0.717) is 6.61 Å². The maximum absolute atomic E-state index is 5.23. The van der Waals surface area contributed by atoms with Crippen molar-refractivity contribution < 1.29 is 27.8 Å². The zero-order chi connectivity index (χ0) is 11.3. The second kappa shape index (κ2) is 5.90. The van der Waals surface area contributed by atoms with Gasteiger partial charge in [-0.05, 0) is 6.92 Å².